The topological polar surface area (TPSA) is 136 Å². The van der Waals surface area contributed by atoms with E-state index in [-0.39, 0.29) is 126 Å². The summed E-state index contributed by atoms with van der Waals surface area (Å²) in [5, 5.41) is 21.3. The maximum atomic E-state index is 14.6. The number of ether oxygens (including phenoxy) is 2. The zero-order chi connectivity index (χ0) is 54.9. The van der Waals surface area contributed by atoms with Crippen LogP contribution >= 0.6 is 0 Å². The van der Waals surface area contributed by atoms with Gasteiger partial charge in [-0.3, -0.25) is 9.59 Å². The van der Waals surface area contributed by atoms with E-state index < -0.39 is 22.3 Å². The van der Waals surface area contributed by atoms with E-state index in [9.17, 15) is 29.4 Å². The average Bonchev–Trinajstić information content (AvgIpc) is 3.92. The average molecular weight is 1030 g/mol. The molecule has 8 saturated carbocycles. The lowest BCUT2D eigenvalue weighted by Gasteiger charge is -2.72. The van der Waals surface area contributed by atoms with Gasteiger partial charge in [-0.05, 0) is 169 Å². The van der Waals surface area contributed by atoms with Crippen LogP contribution in [-0.2, 0) is 28.7 Å². The van der Waals surface area contributed by atoms with E-state index in [1.807, 2.05) is 39.8 Å². The van der Waals surface area contributed by atoms with Crippen molar-refractivity contribution in [1.29, 1.82) is 0 Å². The number of hydrogen-bond donors (Lipinski definition) is 2. The maximum Gasteiger partial charge on any atom is 0.226 e. The molecule has 412 valence electrons. The third-order valence-corrected chi connectivity index (χ3v) is 27.1. The Morgan fingerprint density at radius 1 is 0.573 bits per heavy atom. The molecule has 0 radical (unpaired) electrons. The van der Waals surface area contributed by atoms with Gasteiger partial charge in [-0.25, -0.2) is 9.69 Å². The minimum atomic E-state index is -0.793. The molecule has 0 aromatic carbocycles. The van der Waals surface area contributed by atoms with Crippen molar-refractivity contribution in [2.24, 2.45) is 112 Å². The van der Waals surface area contributed by atoms with E-state index in [4.69, 9.17) is 22.6 Å². The Balaban J connectivity index is 0.000000171. The molecule has 2 N–H and O–H groups in total. The second-order valence-corrected chi connectivity index (χ2v) is 31.6. The number of nitrogens with zero attached hydrogens (tertiary/aromatic N) is 2. The van der Waals surface area contributed by atoms with Crippen molar-refractivity contribution >= 4 is 23.1 Å². The zero-order valence-corrected chi connectivity index (χ0v) is 48.6. The molecule has 0 amide bonds. The predicted molar refractivity (Wildman–Crippen MR) is 289 cm³/mol. The molecular formula is C65H94N2O8. The normalized spacial score (nSPS) is 50.0. The first-order valence-electron chi connectivity index (χ1n) is 29.5. The highest BCUT2D eigenvalue weighted by atomic mass is 16.7. The summed E-state index contributed by atoms with van der Waals surface area (Å²) in [6.45, 7) is 47.9. The van der Waals surface area contributed by atoms with Gasteiger partial charge >= 0.3 is 0 Å². The molecule has 75 heavy (non-hydrogen) atoms. The van der Waals surface area contributed by atoms with Gasteiger partial charge in [0, 0.05) is 46.3 Å². The smallest absolute Gasteiger partial charge is 0.226 e. The standard InChI is InChI=1S/C33H47NO4.C32H47NO4/c1-28(2)11-13-33(25-18-37-19-38-25)14-12-32(7)26(20(33)16-28)22(35)15-24-30(5)17-21(34-8)27(36)29(3,4)23(30)9-10-31(24,32)6;1-27(2)11-13-32(24(36)18-34)14-12-31(7)25(19(32)16-27)21(35)15-23-29(5)17-20(33-8)26(37)28(3,4)22(29)9-10-30(23,31)6/h17,20,23-26H,9-16,18-19H2,1-7H3;17,19,22-25,34,36H,9-16,18H2,1-7H3/t20-,23-,24+,25?,26-,30-,31+,32+,33-;19-,22-,23+,24?,25-,29-,30+,31+,32-/m00/s1. The molecule has 0 bridgehead atoms. The van der Waals surface area contributed by atoms with E-state index in [1.165, 1.54) is 6.42 Å². The molecule has 1 saturated heterocycles. The van der Waals surface area contributed by atoms with Crippen LogP contribution in [0, 0.1) is 125 Å². The second kappa shape index (κ2) is 17.2. The lowest BCUT2D eigenvalue weighted by atomic mass is 9.31. The van der Waals surface area contributed by atoms with Crippen LogP contribution in [0.1, 0.15) is 200 Å². The van der Waals surface area contributed by atoms with Crippen molar-refractivity contribution in [1.82, 2.24) is 0 Å². The van der Waals surface area contributed by atoms with Crippen LogP contribution in [0.3, 0.4) is 0 Å². The van der Waals surface area contributed by atoms with E-state index in [2.05, 4.69) is 78.9 Å². The van der Waals surface area contributed by atoms with Gasteiger partial charge in [0.1, 0.15) is 18.4 Å². The van der Waals surface area contributed by atoms with Crippen molar-refractivity contribution in [3.05, 3.63) is 46.4 Å². The van der Waals surface area contributed by atoms with Gasteiger partial charge in [0.25, 0.3) is 0 Å². The Hall–Kier alpha value is -3.02. The molecule has 0 spiro atoms. The number of fused-ring (bicyclic) bond motifs is 14. The monoisotopic (exact) mass is 1030 g/mol. The van der Waals surface area contributed by atoms with Crippen LogP contribution in [0.15, 0.2) is 23.5 Å². The van der Waals surface area contributed by atoms with Crippen LogP contribution in [0.2, 0.25) is 0 Å². The fraction of sp³-hybridized carbons (Fsp3) is 0.846. The van der Waals surface area contributed by atoms with Crippen molar-refractivity contribution in [2.45, 2.75) is 212 Å². The number of allylic oxidation sites excluding steroid dienone is 4. The third-order valence-electron chi connectivity index (χ3n) is 27.1. The number of Topliss-reactive ketones (excluding diaryl/α,β-unsaturated/α-hetero) is 4. The SMILES string of the molecule is [C-]#[N+]C1=C[C@]2(C)[C@H]3CC(=O)[C@@H]4[C@@H]5CC(C)(C)CC[C@]5(C(O)CO)CC[C@@]4(C)[C@]3(C)CC[C@H]2C(C)(C)C1=O.[C-]#[N+]C1=C[C@]2(C)[C@H]3CC(=O)[C@@H]4[C@@H]5CC(C)(C)CC[C@]5(C5COCO5)CC[C@@]4(C)[C@]3(C)CC[C@H]2C(C)(C)C1=O. The number of carbonyl (C=O) groups is 4. The van der Waals surface area contributed by atoms with Crippen LogP contribution in [0.5, 0.6) is 0 Å². The fourth-order valence-electron chi connectivity index (χ4n) is 22.6. The summed E-state index contributed by atoms with van der Waals surface area (Å²) < 4.78 is 12.0. The molecule has 11 rings (SSSR count). The highest BCUT2D eigenvalue weighted by molar-refractivity contribution is 6.03. The summed E-state index contributed by atoms with van der Waals surface area (Å²) >= 11 is 0. The molecule has 11 aliphatic rings. The number of ketones is 4. The Kier molecular flexibility index (Phi) is 12.7. The first kappa shape index (κ1) is 55.3. The number of carbonyl (C=O) groups excluding carboxylic acids is 4. The highest BCUT2D eigenvalue weighted by Crippen LogP contribution is 2.78. The Morgan fingerprint density at radius 3 is 1.45 bits per heavy atom. The van der Waals surface area contributed by atoms with E-state index in [1.54, 1.807) is 0 Å². The minimum Gasteiger partial charge on any atom is -0.394 e. The molecular weight excluding hydrogens is 937 g/mol. The lowest BCUT2D eigenvalue weighted by Crippen LogP contribution is -2.69. The Morgan fingerprint density at radius 2 is 1.00 bits per heavy atom. The van der Waals surface area contributed by atoms with Gasteiger partial charge in [-0.15, -0.1) is 0 Å². The summed E-state index contributed by atoms with van der Waals surface area (Å²) in [4.78, 5) is 63.0. The number of aliphatic hydroxyl groups is 2. The molecule has 10 aliphatic carbocycles. The van der Waals surface area contributed by atoms with E-state index in [0.717, 1.165) is 83.5 Å². The number of hydrogen-bond acceptors (Lipinski definition) is 8. The first-order chi connectivity index (χ1) is 34.7. The maximum absolute atomic E-state index is 14.6. The third kappa shape index (κ3) is 7.24. The quantitative estimate of drug-likeness (QED) is 0.267. The van der Waals surface area contributed by atoms with Crippen molar-refractivity contribution in [3.63, 3.8) is 0 Å². The highest BCUT2D eigenvalue weighted by Gasteiger charge is 2.75. The molecule has 1 heterocycles. The van der Waals surface area contributed by atoms with E-state index >= 15 is 0 Å². The summed E-state index contributed by atoms with van der Waals surface area (Å²) in [5.41, 5.74) is -1.94. The van der Waals surface area contributed by atoms with E-state index in [0.29, 0.717) is 43.7 Å². The van der Waals surface area contributed by atoms with Gasteiger partial charge in [-0.1, -0.05) is 109 Å². The number of rotatable bonds is 3. The summed E-state index contributed by atoms with van der Waals surface area (Å²) in [5.74, 6) is 1.40. The van der Waals surface area contributed by atoms with Crippen LogP contribution < -0.4 is 0 Å². The Labute approximate surface area is 450 Å². The summed E-state index contributed by atoms with van der Waals surface area (Å²) in [7, 11) is 0. The molecule has 2 unspecified atom stereocenters. The first-order valence-corrected chi connectivity index (χ1v) is 29.5. The molecule has 10 nitrogen and oxygen atoms in total. The lowest BCUT2D eigenvalue weighted by molar-refractivity contribution is -0.236. The molecule has 10 heteroatoms. The largest absolute Gasteiger partial charge is 0.394 e. The minimum absolute atomic E-state index is 0.0181. The van der Waals surface area contributed by atoms with Crippen LogP contribution in [-0.4, -0.2) is 65.6 Å². The van der Waals surface area contributed by atoms with Crippen LogP contribution in [0.25, 0.3) is 9.69 Å². The second-order valence-electron chi connectivity index (χ2n) is 31.6. The molecule has 18 atom stereocenters. The predicted octanol–water partition coefficient (Wildman–Crippen LogP) is 13.0. The number of aliphatic hydroxyl groups excluding tert-OH is 2. The van der Waals surface area contributed by atoms with Gasteiger partial charge in [0.15, 0.2) is 11.6 Å². The van der Waals surface area contributed by atoms with Gasteiger partial charge in [0.05, 0.1) is 38.6 Å². The van der Waals surface area contributed by atoms with Crippen LogP contribution in [0.4, 0.5) is 0 Å². The summed E-state index contributed by atoms with van der Waals surface area (Å²) in [6, 6.07) is 0. The van der Waals surface area contributed by atoms with Crippen molar-refractivity contribution in [2.75, 3.05) is 20.0 Å². The zero-order valence-electron chi connectivity index (χ0n) is 48.6. The summed E-state index contributed by atoms with van der Waals surface area (Å²) in [6.07, 6.45) is 18.2. The van der Waals surface area contributed by atoms with Crippen molar-refractivity contribution < 1.29 is 38.9 Å². The van der Waals surface area contributed by atoms with Gasteiger partial charge < -0.3 is 29.3 Å². The van der Waals surface area contributed by atoms with Gasteiger partial charge in [-0.2, -0.15) is 0 Å². The van der Waals surface area contributed by atoms with Gasteiger partial charge in [0.2, 0.25) is 11.4 Å². The molecule has 0 aromatic rings. The Bertz CT molecular complexity index is 2590. The molecule has 1 aliphatic heterocycles. The molecule has 0 aromatic heterocycles. The fourth-order valence-corrected chi connectivity index (χ4v) is 22.6. The van der Waals surface area contributed by atoms with Crippen molar-refractivity contribution in [3.8, 4) is 0 Å². The molecule has 9 fully saturated rings.